The van der Waals surface area contributed by atoms with Crippen molar-refractivity contribution in [1.82, 2.24) is 5.16 Å². The number of hydrogen-bond acceptors (Lipinski definition) is 5. The van der Waals surface area contributed by atoms with Crippen LogP contribution in [0.4, 0.5) is 0 Å². The molecule has 0 aliphatic rings. The lowest BCUT2D eigenvalue weighted by atomic mass is 10.1. The second-order valence-electron chi connectivity index (χ2n) is 4.07. The molecule has 0 unspecified atom stereocenters. The monoisotopic (exact) mass is 262 g/mol. The summed E-state index contributed by atoms with van der Waals surface area (Å²) in [6.45, 7) is 3.56. The van der Waals surface area contributed by atoms with Gasteiger partial charge in [-0.3, -0.25) is 0 Å². The summed E-state index contributed by atoms with van der Waals surface area (Å²) in [4.78, 5) is 0. The molecule has 0 aliphatic heterocycles. The van der Waals surface area contributed by atoms with Crippen molar-refractivity contribution in [3.05, 3.63) is 41.8 Å². The number of ether oxygens (including phenoxy) is 2. The van der Waals surface area contributed by atoms with Crippen LogP contribution in [-0.2, 0) is 13.0 Å². The zero-order chi connectivity index (χ0) is 13.5. The molecule has 0 radical (unpaired) electrons. The first-order valence-corrected chi connectivity index (χ1v) is 6.30. The van der Waals surface area contributed by atoms with Gasteiger partial charge in [-0.2, -0.15) is 0 Å². The highest BCUT2D eigenvalue weighted by Crippen LogP contribution is 2.29. The Hall–Kier alpha value is -2.01. The van der Waals surface area contributed by atoms with Crippen LogP contribution in [0.25, 0.3) is 0 Å². The normalized spacial score (nSPS) is 10.4. The first-order chi connectivity index (χ1) is 9.33. The Morgan fingerprint density at radius 1 is 1.21 bits per heavy atom. The van der Waals surface area contributed by atoms with Gasteiger partial charge in [0.05, 0.1) is 12.8 Å². The zero-order valence-corrected chi connectivity index (χ0v) is 11.0. The third-order valence-corrected chi connectivity index (χ3v) is 2.62. The number of rotatable bonds is 7. The van der Waals surface area contributed by atoms with Gasteiger partial charge in [0.25, 0.3) is 0 Å². The van der Waals surface area contributed by atoms with E-state index in [4.69, 9.17) is 19.7 Å². The minimum Gasteiger partial charge on any atom is -0.490 e. The molecular formula is C14H18N2O3. The minimum absolute atomic E-state index is 0.403. The van der Waals surface area contributed by atoms with Crippen molar-refractivity contribution in [3.63, 3.8) is 0 Å². The van der Waals surface area contributed by atoms with Gasteiger partial charge in [0.2, 0.25) is 0 Å². The molecule has 1 heterocycles. The van der Waals surface area contributed by atoms with Gasteiger partial charge >= 0.3 is 0 Å². The van der Waals surface area contributed by atoms with Crippen LogP contribution in [0.15, 0.2) is 35.2 Å². The number of aromatic nitrogens is 1. The molecule has 1 aromatic heterocycles. The Morgan fingerprint density at radius 3 is 2.79 bits per heavy atom. The van der Waals surface area contributed by atoms with Gasteiger partial charge in [0.15, 0.2) is 11.5 Å². The highest BCUT2D eigenvalue weighted by atomic mass is 16.5. The highest BCUT2D eigenvalue weighted by molar-refractivity contribution is 5.43. The van der Waals surface area contributed by atoms with E-state index < -0.39 is 0 Å². The number of hydrogen-bond donors (Lipinski definition) is 1. The molecule has 2 rings (SSSR count). The molecule has 0 saturated carbocycles. The lowest BCUT2D eigenvalue weighted by Gasteiger charge is -2.12. The van der Waals surface area contributed by atoms with Gasteiger partial charge in [-0.15, -0.1) is 0 Å². The number of nitrogens with zero attached hydrogens (tertiary/aromatic N) is 1. The zero-order valence-electron chi connectivity index (χ0n) is 11.0. The third kappa shape index (κ3) is 3.72. The third-order valence-electron chi connectivity index (χ3n) is 2.62. The molecule has 0 spiro atoms. The van der Waals surface area contributed by atoms with Crippen molar-refractivity contribution in [2.24, 2.45) is 5.73 Å². The molecule has 0 amide bonds. The van der Waals surface area contributed by atoms with Gasteiger partial charge in [0.1, 0.15) is 12.9 Å². The fourth-order valence-corrected chi connectivity index (χ4v) is 1.72. The molecule has 0 bridgehead atoms. The van der Waals surface area contributed by atoms with E-state index >= 15 is 0 Å². The summed E-state index contributed by atoms with van der Waals surface area (Å²) < 4.78 is 16.1. The van der Waals surface area contributed by atoms with E-state index in [1.54, 1.807) is 12.5 Å². The van der Waals surface area contributed by atoms with E-state index in [0.29, 0.717) is 25.5 Å². The maximum atomic E-state index is 5.71. The van der Waals surface area contributed by atoms with Crippen LogP contribution in [0, 0.1) is 0 Å². The Labute approximate surface area is 112 Å². The van der Waals surface area contributed by atoms with E-state index in [1.807, 2.05) is 25.1 Å². The summed E-state index contributed by atoms with van der Waals surface area (Å²) >= 11 is 0. The predicted octanol–water partition coefficient (Wildman–Crippen LogP) is 2.15. The molecule has 102 valence electrons. The van der Waals surface area contributed by atoms with Crippen LogP contribution in [0.1, 0.15) is 18.1 Å². The van der Waals surface area contributed by atoms with Crippen molar-refractivity contribution in [2.75, 3.05) is 13.2 Å². The Bertz CT molecular complexity index is 497. The molecule has 1 aromatic carbocycles. The van der Waals surface area contributed by atoms with E-state index in [1.165, 1.54) is 0 Å². The van der Waals surface area contributed by atoms with Crippen molar-refractivity contribution >= 4 is 0 Å². The highest BCUT2D eigenvalue weighted by Gasteiger charge is 2.07. The van der Waals surface area contributed by atoms with Crippen LogP contribution in [-0.4, -0.2) is 18.3 Å². The summed E-state index contributed by atoms with van der Waals surface area (Å²) in [5, 5.41) is 3.63. The SMILES string of the molecule is CCOc1cc(CCN)ccc1OCc1cnoc1. The van der Waals surface area contributed by atoms with Crippen molar-refractivity contribution < 1.29 is 14.0 Å². The fraction of sp³-hybridized carbons (Fsp3) is 0.357. The lowest BCUT2D eigenvalue weighted by Crippen LogP contribution is -2.04. The first-order valence-electron chi connectivity index (χ1n) is 6.30. The van der Waals surface area contributed by atoms with Crippen LogP contribution < -0.4 is 15.2 Å². The van der Waals surface area contributed by atoms with Crippen LogP contribution in [0.2, 0.25) is 0 Å². The van der Waals surface area contributed by atoms with Crippen molar-refractivity contribution in [3.8, 4) is 11.5 Å². The maximum Gasteiger partial charge on any atom is 0.161 e. The minimum atomic E-state index is 0.403. The Balaban J connectivity index is 2.09. The fourth-order valence-electron chi connectivity index (χ4n) is 1.72. The first kappa shape index (κ1) is 13.4. The summed E-state index contributed by atoms with van der Waals surface area (Å²) in [7, 11) is 0. The van der Waals surface area contributed by atoms with E-state index in [9.17, 15) is 0 Å². The largest absolute Gasteiger partial charge is 0.490 e. The molecule has 5 heteroatoms. The molecule has 0 aliphatic carbocycles. The van der Waals surface area contributed by atoms with Crippen LogP contribution in [0.5, 0.6) is 11.5 Å². The second kappa shape index (κ2) is 6.80. The van der Waals surface area contributed by atoms with Crippen LogP contribution >= 0.6 is 0 Å². The number of nitrogens with two attached hydrogens (primary N) is 1. The second-order valence-corrected chi connectivity index (χ2v) is 4.07. The molecule has 0 fully saturated rings. The summed E-state index contributed by atoms with van der Waals surface area (Å²) in [6.07, 6.45) is 4.01. The molecule has 0 saturated heterocycles. The van der Waals surface area contributed by atoms with Gasteiger partial charge < -0.3 is 19.7 Å². The van der Waals surface area contributed by atoms with E-state index in [0.717, 1.165) is 23.3 Å². The van der Waals surface area contributed by atoms with E-state index in [2.05, 4.69) is 5.16 Å². The lowest BCUT2D eigenvalue weighted by molar-refractivity contribution is 0.268. The molecule has 2 N–H and O–H groups in total. The number of benzene rings is 1. The summed E-state index contributed by atoms with van der Waals surface area (Å²) in [5.41, 5.74) is 7.58. The Morgan fingerprint density at radius 2 is 2.11 bits per heavy atom. The summed E-state index contributed by atoms with van der Waals surface area (Å²) in [6, 6.07) is 5.88. The summed E-state index contributed by atoms with van der Waals surface area (Å²) in [5.74, 6) is 1.45. The molecule has 0 atom stereocenters. The maximum absolute atomic E-state index is 5.71. The molecule has 2 aromatic rings. The predicted molar refractivity (Wildman–Crippen MR) is 71.2 cm³/mol. The van der Waals surface area contributed by atoms with Crippen LogP contribution in [0.3, 0.4) is 0 Å². The quantitative estimate of drug-likeness (QED) is 0.828. The topological polar surface area (TPSA) is 70.5 Å². The average Bonchev–Trinajstić information content (AvgIpc) is 2.92. The van der Waals surface area contributed by atoms with E-state index in [-0.39, 0.29) is 0 Å². The molecule has 19 heavy (non-hydrogen) atoms. The smallest absolute Gasteiger partial charge is 0.161 e. The standard InChI is InChI=1S/C14H18N2O3/c1-2-17-14-7-11(5-6-15)3-4-13(14)18-9-12-8-16-19-10-12/h3-4,7-8,10H,2,5-6,9,15H2,1H3. The van der Waals surface area contributed by atoms with Crippen molar-refractivity contribution in [2.45, 2.75) is 20.0 Å². The Kier molecular flexibility index (Phi) is 4.80. The van der Waals surface area contributed by atoms with Gasteiger partial charge in [-0.05, 0) is 37.6 Å². The van der Waals surface area contributed by atoms with Gasteiger partial charge in [-0.1, -0.05) is 11.2 Å². The van der Waals surface area contributed by atoms with Crippen molar-refractivity contribution in [1.29, 1.82) is 0 Å². The average molecular weight is 262 g/mol. The molecule has 5 nitrogen and oxygen atoms in total. The van der Waals surface area contributed by atoms with Gasteiger partial charge in [0, 0.05) is 5.56 Å². The molecular weight excluding hydrogens is 244 g/mol. The van der Waals surface area contributed by atoms with Gasteiger partial charge in [-0.25, -0.2) is 0 Å².